The van der Waals surface area contributed by atoms with Gasteiger partial charge >= 0.3 is 0 Å². The van der Waals surface area contributed by atoms with Crippen molar-refractivity contribution in [2.45, 2.75) is 13.0 Å². The summed E-state index contributed by atoms with van der Waals surface area (Å²) in [4.78, 5) is 13.5. The quantitative estimate of drug-likeness (QED) is 0.742. The Morgan fingerprint density at radius 1 is 1.15 bits per heavy atom. The first-order valence-electron chi connectivity index (χ1n) is 8.41. The molecule has 0 radical (unpaired) electrons. The van der Waals surface area contributed by atoms with Crippen molar-refractivity contribution in [2.24, 2.45) is 0 Å². The lowest BCUT2D eigenvalue weighted by molar-refractivity contribution is -0.117. The molecule has 0 saturated heterocycles. The van der Waals surface area contributed by atoms with Crippen molar-refractivity contribution < 1.29 is 14.3 Å². The highest BCUT2D eigenvalue weighted by molar-refractivity contribution is 6.33. The molecule has 3 aromatic rings. The standard InChI is InChI=1S/C18H16ClN5O3/c19-14-5-2-1-4-13(14)18-21-23-24(22-18)11-17(25)20-12-6-7-15-16(10-12)27-9-3-8-26-15/h1-2,4-7,10H,3,8-9,11H2,(H,20,25). The summed E-state index contributed by atoms with van der Waals surface area (Å²) in [5.74, 6) is 1.37. The summed E-state index contributed by atoms with van der Waals surface area (Å²) in [5, 5.41) is 15.4. The van der Waals surface area contributed by atoms with Crippen LogP contribution in [0.3, 0.4) is 0 Å². The third kappa shape index (κ3) is 4.01. The molecule has 0 spiro atoms. The smallest absolute Gasteiger partial charge is 0.248 e. The summed E-state index contributed by atoms with van der Waals surface area (Å²) in [5.41, 5.74) is 1.27. The van der Waals surface area contributed by atoms with Crippen LogP contribution in [0, 0.1) is 0 Å². The molecule has 1 amide bonds. The van der Waals surface area contributed by atoms with Crippen LogP contribution < -0.4 is 14.8 Å². The Morgan fingerprint density at radius 2 is 1.96 bits per heavy atom. The number of hydrogen-bond acceptors (Lipinski definition) is 6. The Labute approximate surface area is 160 Å². The van der Waals surface area contributed by atoms with Crippen LogP contribution in [-0.2, 0) is 11.3 Å². The van der Waals surface area contributed by atoms with Crippen molar-refractivity contribution in [3.8, 4) is 22.9 Å². The molecule has 27 heavy (non-hydrogen) atoms. The van der Waals surface area contributed by atoms with Crippen molar-refractivity contribution >= 4 is 23.2 Å². The molecule has 0 unspecified atom stereocenters. The number of carbonyl (C=O) groups excluding carboxylic acids is 1. The number of ether oxygens (including phenoxy) is 2. The summed E-state index contributed by atoms with van der Waals surface area (Å²) >= 11 is 6.13. The molecule has 4 rings (SSSR count). The lowest BCUT2D eigenvalue weighted by atomic mass is 10.2. The van der Waals surface area contributed by atoms with Crippen LogP contribution in [0.2, 0.25) is 5.02 Å². The van der Waals surface area contributed by atoms with Gasteiger partial charge in [-0.25, -0.2) is 0 Å². The van der Waals surface area contributed by atoms with Crippen molar-refractivity contribution in [3.63, 3.8) is 0 Å². The largest absolute Gasteiger partial charge is 0.490 e. The maximum Gasteiger partial charge on any atom is 0.248 e. The monoisotopic (exact) mass is 385 g/mol. The van der Waals surface area contributed by atoms with Gasteiger partial charge in [-0.2, -0.15) is 4.80 Å². The van der Waals surface area contributed by atoms with Gasteiger partial charge < -0.3 is 14.8 Å². The number of anilines is 1. The average Bonchev–Trinajstić information content (AvgIpc) is 2.98. The predicted octanol–water partition coefficient (Wildman–Crippen LogP) is 2.79. The highest BCUT2D eigenvalue weighted by Crippen LogP contribution is 2.32. The second-order valence-corrected chi connectivity index (χ2v) is 6.29. The average molecular weight is 386 g/mol. The summed E-state index contributed by atoms with van der Waals surface area (Å²) in [7, 11) is 0. The maximum atomic E-state index is 12.3. The zero-order valence-corrected chi connectivity index (χ0v) is 15.0. The molecule has 0 fully saturated rings. The Morgan fingerprint density at radius 3 is 2.81 bits per heavy atom. The van der Waals surface area contributed by atoms with E-state index in [1.165, 1.54) is 4.80 Å². The van der Waals surface area contributed by atoms with Crippen LogP contribution in [0.4, 0.5) is 5.69 Å². The summed E-state index contributed by atoms with van der Waals surface area (Å²) < 4.78 is 11.2. The Bertz CT molecular complexity index is 975. The van der Waals surface area contributed by atoms with E-state index in [0.29, 0.717) is 46.8 Å². The number of benzene rings is 2. The highest BCUT2D eigenvalue weighted by Gasteiger charge is 2.14. The fourth-order valence-electron chi connectivity index (χ4n) is 2.63. The normalized spacial score (nSPS) is 13.1. The Balaban J connectivity index is 1.43. The highest BCUT2D eigenvalue weighted by atomic mass is 35.5. The van der Waals surface area contributed by atoms with E-state index in [1.54, 1.807) is 30.3 Å². The van der Waals surface area contributed by atoms with Crippen molar-refractivity contribution in [1.82, 2.24) is 20.2 Å². The van der Waals surface area contributed by atoms with E-state index in [-0.39, 0.29) is 12.5 Å². The molecular weight excluding hydrogens is 370 g/mol. The molecule has 138 valence electrons. The van der Waals surface area contributed by atoms with Crippen LogP contribution in [0.1, 0.15) is 6.42 Å². The minimum Gasteiger partial charge on any atom is -0.490 e. The van der Waals surface area contributed by atoms with Crippen molar-refractivity contribution in [3.05, 3.63) is 47.5 Å². The van der Waals surface area contributed by atoms with Gasteiger partial charge in [-0.15, -0.1) is 10.2 Å². The third-order valence-electron chi connectivity index (χ3n) is 3.88. The van der Waals surface area contributed by atoms with Crippen LogP contribution in [0.25, 0.3) is 11.4 Å². The number of aromatic nitrogens is 4. The molecule has 1 aliphatic heterocycles. The third-order valence-corrected chi connectivity index (χ3v) is 4.21. The van der Waals surface area contributed by atoms with E-state index >= 15 is 0 Å². The van der Waals surface area contributed by atoms with Crippen molar-refractivity contribution in [2.75, 3.05) is 18.5 Å². The van der Waals surface area contributed by atoms with Crippen LogP contribution in [-0.4, -0.2) is 39.3 Å². The zero-order valence-electron chi connectivity index (χ0n) is 14.3. The fourth-order valence-corrected chi connectivity index (χ4v) is 2.85. The second-order valence-electron chi connectivity index (χ2n) is 5.88. The molecule has 2 aromatic carbocycles. The lowest BCUT2D eigenvalue weighted by Gasteiger charge is -2.10. The molecule has 1 aliphatic rings. The van der Waals surface area contributed by atoms with Gasteiger partial charge in [-0.3, -0.25) is 4.79 Å². The van der Waals surface area contributed by atoms with Gasteiger partial charge in [0.15, 0.2) is 11.5 Å². The number of fused-ring (bicyclic) bond motifs is 1. The van der Waals surface area contributed by atoms with E-state index in [4.69, 9.17) is 21.1 Å². The topological polar surface area (TPSA) is 91.2 Å². The van der Waals surface area contributed by atoms with Crippen LogP contribution in [0.5, 0.6) is 11.5 Å². The molecular formula is C18H16ClN5O3. The molecule has 2 heterocycles. The first-order valence-corrected chi connectivity index (χ1v) is 8.79. The first-order chi connectivity index (χ1) is 13.2. The molecule has 9 heteroatoms. The number of rotatable bonds is 4. The zero-order chi connectivity index (χ0) is 18.6. The number of tetrazole rings is 1. The lowest BCUT2D eigenvalue weighted by Crippen LogP contribution is -2.20. The van der Waals surface area contributed by atoms with Crippen LogP contribution >= 0.6 is 11.6 Å². The maximum absolute atomic E-state index is 12.3. The Hall–Kier alpha value is -3.13. The number of halogens is 1. The summed E-state index contributed by atoms with van der Waals surface area (Å²) in [6, 6.07) is 12.5. The SMILES string of the molecule is O=C(Cn1nnc(-c2ccccc2Cl)n1)Nc1ccc2c(c1)OCCCO2. The van der Waals surface area contributed by atoms with E-state index in [0.717, 1.165) is 6.42 Å². The van der Waals surface area contributed by atoms with Gasteiger partial charge in [-0.1, -0.05) is 23.7 Å². The fraction of sp³-hybridized carbons (Fsp3) is 0.222. The molecule has 0 bridgehead atoms. The van der Waals surface area contributed by atoms with Gasteiger partial charge in [0.1, 0.15) is 6.54 Å². The van der Waals surface area contributed by atoms with E-state index < -0.39 is 0 Å². The molecule has 0 atom stereocenters. The van der Waals surface area contributed by atoms with Gasteiger partial charge in [0, 0.05) is 23.7 Å². The Kier molecular flexibility index (Phi) is 4.88. The van der Waals surface area contributed by atoms with E-state index in [2.05, 4.69) is 20.7 Å². The molecule has 1 aromatic heterocycles. The first kappa shape index (κ1) is 17.3. The van der Waals surface area contributed by atoms with E-state index in [9.17, 15) is 4.79 Å². The summed E-state index contributed by atoms with van der Waals surface area (Å²) in [6.07, 6.45) is 0.822. The van der Waals surface area contributed by atoms with Gasteiger partial charge in [-0.05, 0) is 29.5 Å². The second kappa shape index (κ2) is 7.63. The molecule has 8 nitrogen and oxygen atoms in total. The minimum absolute atomic E-state index is 0.0775. The number of hydrogen-bond donors (Lipinski definition) is 1. The summed E-state index contributed by atoms with van der Waals surface area (Å²) in [6.45, 7) is 1.12. The number of carbonyl (C=O) groups is 1. The molecule has 1 N–H and O–H groups in total. The molecule has 0 aliphatic carbocycles. The molecule has 0 saturated carbocycles. The van der Waals surface area contributed by atoms with E-state index in [1.807, 2.05) is 12.1 Å². The van der Waals surface area contributed by atoms with Crippen molar-refractivity contribution in [1.29, 1.82) is 0 Å². The van der Waals surface area contributed by atoms with Crippen LogP contribution in [0.15, 0.2) is 42.5 Å². The predicted molar refractivity (Wildman–Crippen MR) is 98.9 cm³/mol. The number of amides is 1. The number of nitrogens with zero attached hydrogens (tertiary/aromatic N) is 4. The minimum atomic E-state index is -0.285. The van der Waals surface area contributed by atoms with Gasteiger partial charge in [0.2, 0.25) is 11.7 Å². The number of nitrogens with one attached hydrogen (secondary N) is 1. The van der Waals surface area contributed by atoms with Gasteiger partial charge in [0.05, 0.1) is 18.2 Å². The van der Waals surface area contributed by atoms with Gasteiger partial charge in [0.25, 0.3) is 0 Å².